The van der Waals surface area contributed by atoms with Crippen LogP contribution in [0.3, 0.4) is 0 Å². The Labute approximate surface area is 89.5 Å². The average Bonchev–Trinajstić information content (AvgIpc) is 2.63. The average molecular weight is 214 g/mol. The molecule has 0 aromatic rings. The van der Waals surface area contributed by atoms with E-state index in [1.165, 1.54) is 0 Å². The van der Waals surface area contributed by atoms with E-state index in [2.05, 4.69) is 4.90 Å². The van der Waals surface area contributed by atoms with E-state index >= 15 is 0 Å². The summed E-state index contributed by atoms with van der Waals surface area (Å²) < 4.78 is 11.3. The summed E-state index contributed by atoms with van der Waals surface area (Å²) in [5, 5.41) is 0. The first-order valence-electron chi connectivity index (χ1n) is 5.49. The van der Waals surface area contributed by atoms with Gasteiger partial charge in [0.15, 0.2) is 5.79 Å². The number of ether oxygens (including phenoxy) is 2. The zero-order chi connectivity index (χ0) is 10.7. The second kappa shape index (κ2) is 4.47. The molecule has 5 nitrogen and oxygen atoms in total. The zero-order valence-electron chi connectivity index (χ0n) is 8.91. The number of likely N-dealkylation sites (tertiary alicyclic amines) is 1. The molecule has 86 valence electrons. The van der Waals surface area contributed by atoms with Crippen LogP contribution in [-0.2, 0) is 14.3 Å². The molecule has 5 heteroatoms. The smallest absolute Gasteiger partial charge is 0.218 e. The molecule has 2 rings (SSSR count). The third-order valence-electron chi connectivity index (χ3n) is 2.98. The Morgan fingerprint density at radius 1 is 1.40 bits per heavy atom. The Bertz CT molecular complexity index is 239. The summed E-state index contributed by atoms with van der Waals surface area (Å²) >= 11 is 0. The fourth-order valence-electron chi connectivity index (χ4n) is 2.26. The number of hydrogen-bond donors (Lipinski definition) is 1. The van der Waals surface area contributed by atoms with E-state index in [1.807, 2.05) is 0 Å². The molecule has 0 aliphatic carbocycles. The van der Waals surface area contributed by atoms with Gasteiger partial charge in [0.1, 0.15) is 0 Å². The largest absolute Gasteiger partial charge is 0.370 e. The Morgan fingerprint density at radius 2 is 2.13 bits per heavy atom. The first-order valence-corrected chi connectivity index (χ1v) is 5.49. The van der Waals surface area contributed by atoms with Gasteiger partial charge in [-0.05, 0) is 13.0 Å². The third-order valence-corrected chi connectivity index (χ3v) is 2.98. The number of nitrogens with two attached hydrogens (primary N) is 1. The van der Waals surface area contributed by atoms with Crippen LogP contribution < -0.4 is 5.73 Å². The molecule has 0 bridgehead atoms. The van der Waals surface area contributed by atoms with E-state index in [-0.39, 0.29) is 5.91 Å². The fraction of sp³-hybridized carbons (Fsp3) is 0.900. The quantitative estimate of drug-likeness (QED) is 0.700. The normalized spacial score (nSPS) is 25.9. The first-order chi connectivity index (χ1) is 7.20. The molecule has 0 aromatic heterocycles. The maximum absolute atomic E-state index is 10.7. The number of nitrogens with zero attached hydrogens (tertiary/aromatic N) is 1. The Balaban J connectivity index is 1.84. The monoisotopic (exact) mass is 214 g/mol. The molecule has 0 saturated carbocycles. The third kappa shape index (κ3) is 2.68. The van der Waals surface area contributed by atoms with Crippen LogP contribution in [0.5, 0.6) is 0 Å². The molecular weight excluding hydrogens is 196 g/mol. The summed E-state index contributed by atoms with van der Waals surface area (Å²) in [6.45, 7) is 3.85. The summed E-state index contributed by atoms with van der Waals surface area (Å²) in [7, 11) is 0. The topological polar surface area (TPSA) is 64.8 Å². The van der Waals surface area contributed by atoms with Gasteiger partial charge in [-0.1, -0.05) is 0 Å². The molecule has 2 fully saturated rings. The van der Waals surface area contributed by atoms with Gasteiger partial charge in [0, 0.05) is 19.4 Å². The summed E-state index contributed by atoms with van der Waals surface area (Å²) in [6, 6.07) is 0. The predicted molar refractivity (Wildman–Crippen MR) is 54.1 cm³/mol. The van der Waals surface area contributed by atoms with Gasteiger partial charge in [0.2, 0.25) is 5.91 Å². The molecule has 2 saturated heterocycles. The highest BCUT2D eigenvalue weighted by Crippen LogP contribution is 2.29. The standard InChI is InChI=1S/C10H18N2O3/c11-9(13)2-5-12-4-1-3-10(8-12)14-6-7-15-10/h1-8H2,(H2,11,13). The number of carbonyl (C=O) groups is 1. The number of rotatable bonds is 3. The lowest BCUT2D eigenvalue weighted by atomic mass is 10.0. The van der Waals surface area contributed by atoms with E-state index in [0.29, 0.717) is 26.2 Å². The molecule has 0 radical (unpaired) electrons. The van der Waals surface area contributed by atoms with Gasteiger partial charge in [0.05, 0.1) is 19.8 Å². The van der Waals surface area contributed by atoms with Crippen LogP contribution in [-0.4, -0.2) is 49.4 Å². The molecule has 0 atom stereocenters. The number of primary amides is 1. The molecule has 0 unspecified atom stereocenters. The van der Waals surface area contributed by atoms with Crippen LogP contribution in [0.1, 0.15) is 19.3 Å². The van der Waals surface area contributed by atoms with Crippen molar-refractivity contribution in [3.05, 3.63) is 0 Å². The van der Waals surface area contributed by atoms with Crippen LogP contribution in [0.15, 0.2) is 0 Å². The highest BCUT2D eigenvalue weighted by molar-refractivity contribution is 5.73. The number of piperidine rings is 1. The Hall–Kier alpha value is -0.650. The predicted octanol–water partition coefficient (Wildman–Crippen LogP) is -0.299. The van der Waals surface area contributed by atoms with Gasteiger partial charge in [-0.15, -0.1) is 0 Å². The maximum atomic E-state index is 10.7. The number of carbonyl (C=O) groups excluding carboxylic acids is 1. The Morgan fingerprint density at radius 3 is 2.80 bits per heavy atom. The molecule has 1 amide bonds. The SMILES string of the molecule is NC(=O)CCN1CCCC2(C1)OCCO2. The molecule has 15 heavy (non-hydrogen) atoms. The highest BCUT2D eigenvalue weighted by atomic mass is 16.7. The minimum absolute atomic E-state index is 0.247. The van der Waals surface area contributed by atoms with Gasteiger partial charge in [0.25, 0.3) is 0 Å². The Kier molecular flexibility index (Phi) is 3.23. The number of amides is 1. The van der Waals surface area contributed by atoms with Gasteiger partial charge >= 0.3 is 0 Å². The van der Waals surface area contributed by atoms with E-state index in [9.17, 15) is 4.79 Å². The van der Waals surface area contributed by atoms with Crippen molar-refractivity contribution in [2.75, 3.05) is 32.8 Å². The first kappa shape index (κ1) is 10.9. The second-order valence-electron chi connectivity index (χ2n) is 4.20. The fourth-order valence-corrected chi connectivity index (χ4v) is 2.26. The van der Waals surface area contributed by atoms with Crippen LogP contribution in [0.2, 0.25) is 0 Å². The van der Waals surface area contributed by atoms with Crippen molar-refractivity contribution in [1.82, 2.24) is 4.90 Å². The molecule has 1 spiro atoms. The summed E-state index contributed by atoms with van der Waals surface area (Å²) in [5.74, 6) is -0.640. The lowest BCUT2D eigenvalue weighted by Crippen LogP contribution is -2.49. The van der Waals surface area contributed by atoms with Crippen molar-refractivity contribution in [1.29, 1.82) is 0 Å². The minimum atomic E-state index is -0.393. The number of hydrogen-bond acceptors (Lipinski definition) is 4. The van der Waals surface area contributed by atoms with Crippen LogP contribution in [0.4, 0.5) is 0 Å². The summed E-state index contributed by atoms with van der Waals surface area (Å²) in [6.07, 6.45) is 2.43. The van der Waals surface area contributed by atoms with Crippen molar-refractivity contribution in [2.24, 2.45) is 5.73 Å². The maximum Gasteiger partial charge on any atom is 0.218 e. The van der Waals surface area contributed by atoms with E-state index in [0.717, 1.165) is 25.9 Å². The zero-order valence-corrected chi connectivity index (χ0v) is 8.91. The van der Waals surface area contributed by atoms with E-state index < -0.39 is 5.79 Å². The van der Waals surface area contributed by atoms with Crippen molar-refractivity contribution in [3.8, 4) is 0 Å². The van der Waals surface area contributed by atoms with Gasteiger partial charge in [-0.25, -0.2) is 0 Å². The molecule has 2 aliphatic rings. The molecule has 0 aromatic carbocycles. The van der Waals surface area contributed by atoms with Gasteiger partial charge < -0.3 is 15.2 Å². The van der Waals surface area contributed by atoms with Gasteiger partial charge in [-0.3, -0.25) is 9.69 Å². The van der Waals surface area contributed by atoms with E-state index in [1.54, 1.807) is 0 Å². The van der Waals surface area contributed by atoms with Crippen molar-refractivity contribution >= 4 is 5.91 Å². The second-order valence-corrected chi connectivity index (χ2v) is 4.20. The molecule has 2 aliphatic heterocycles. The van der Waals surface area contributed by atoms with Crippen LogP contribution in [0.25, 0.3) is 0 Å². The molecular formula is C10H18N2O3. The highest BCUT2D eigenvalue weighted by Gasteiger charge is 2.40. The van der Waals surface area contributed by atoms with Gasteiger partial charge in [-0.2, -0.15) is 0 Å². The lowest BCUT2D eigenvalue weighted by molar-refractivity contribution is -0.189. The van der Waals surface area contributed by atoms with Crippen molar-refractivity contribution < 1.29 is 14.3 Å². The van der Waals surface area contributed by atoms with Crippen LogP contribution >= 0.6 is 0 Å². The van der Waals surface area contributed by atoms with Crippen LogP contribution in [0, 0.1) is 0 Å². The van der Waals surface area contributed by atoms with Crippen molar-refractivity contribution in [2.45, 2.75) is 25.0 Å². The van der Waals surface area contributed by atoms with E-state index in [4.69, 9.17) is 15.2 Å². The lowest BCUT2D eigenvalue weighted by Gasteiger charge is -2.38. The molecule has 2 N–H and O–H groups in total. The molecule has 2 heterocycles. The minimum Gasteiger partial charge on any atom is -0.370 e. The summed E-state index contributed by atoms with van der Waals surface area (Å²) in [5.41, 5.74) is 5.13. The summed E-state index contributed by atoms with van der Waals surface area (Å²) in [4.78, 5) is 12.9. The van der Waals surface area contributed by atoms with Crippen molar-refractivity contribution in [3.63, 3.8) is 0 Å².